The Kier molecular flexibility index (Phi) is 6.86. The van der Waals surface area contributed by atoms with Crippen molar-refractivity contribution in [3.63, 3.8) is 0 Å². The van der Waals surface area contributed by atoms with Crippen molar-refractivity contribution in [1.29, 1.82) is 0 Å². The highest BCUT2D eigenvalue weighted by atomic mass is 32.2. The van der Waals surface area contributed by atoms with Crippen LogP contribution in [0.2, 0.25) is 0 Å². The Hall–Kier alpha value is -3.03. The first-order valence-corrected chi connectivity index (χ1v) is 13.4. The molecule has 2 atom stereocenters. The Balaban J connectivity index is 1.46. The van der Waals surface area contributed by atoms with Crippen molar-refractivity contribution in [2.45, 2.75) is 44.4 Å². The van der Waals surface area contributed by atoms with Gasteiger partial charge in [0.25, 0.3) is 5.91 Å². The molecule has 0 radical (unpaired) electrons. The fraction of sp³-hybridized carbons (Fsp3) is 0.296. The highest BCUT2D eigenvalue weighted by molar-refractivity contribution is 7.99. The molecule has 1 aliphatic heterocycles. The van der Waals surface area contributed by atoms with Gasteiger partial charge in [0.15, 0.2) is 0 Å². The van der Waals surface area contributed by atoms with Crippen LogP contribution in [-0.4, -0.2) is 32.1 Å². The van der Waals surface area contributed by atoms with E-state index in [-0.39, 0.29) is 17.8 Å². The lowest BCUT2D eigenvalue weighted by Crippen LogP contribution is -2.25. The largest absolute Gasteiger partial charge is 0.348 e. The standard InChI is InChI=1S/C27H30FN3O2S/c1-18(2)26-25-22(17-31(26)16-20-5-9-23(28)10-6-20)13-21(15-29-25)27(32)30-14-19-7-11-24(12-8-19)34(3,4)33/h5-13,15,18,26H,3,14,16-17H2,1-2,4H3,(H,30,32)/t26-,34?/m0/s1. The van der Waals surface area contributed by atoms with Crippen LogP contribution < -0.4 is 5.32 Å². The number of carbonyl (C=O) groups excluding carboxylic acids is 1. The maximum atomic E-state index is 13.3. The van der Waals surface area contributed by atoms with Crippen molar-refractivity contribution in [3.05, 3.63) is 94.6 Å². The molecule has 0 bridgehead atoms. The predicted octanol–water partition coefficient (Wildman–Crippen LogP) is 4.57. The quantitative estimate of drug-likeness (QED) is 0.505. The Bertz CT molecular complexity index is 1290. The molecule has 5 nitrogen and oxygen atoms in total. The van der Waals surface area contributed by atoms with Gasteiger partial charge in [0.1, 0.15) is 5.82 Å². The molecule has 0 fully saturated rings. The average Bonchev–Trinajstić information content (AvgIpc) is 3.16. The van der Waals surface area contributed by atoms with Gasteiger partial charge in [-0.15, -0.1) is 0 Å². The van der Waals surface area contributed by atoms with Crippen molar-refractivity contribution in [1.82, 2.24) is 15.2 Å². The number of nitrogens with one attached hydrogen (secondary N) is 1. The van der Waals surface area contributed by atoms with E-state index in [1.165, 1.54) is 12.1 Å². The van der Waals surface area contributed by atoms with E-state index in [1.807, 2.05) is 30.3 Å². The van der Waals surface area contributed by atoms with Crippen molar-refractivity contribution in [3.8, 4) is 0 Å². The summed E-state index contributed by atoms with van der Waals surface area (Å²) < 4.78 is 25.3. The normalized spacial score (nSPS) is 17.4. The summed E-state index contributed by atoms with van der Waals surface area (Å²) in [5.41, 5.74) is 4.53. The minimum Gasteiger partial charge on any atom is -0.348 e. The second-order valence-corrected chi connectivity index (χ2v) is 11.8. The fourth-order valence-corrected chi connectivity index (χ4v) is 5.14. The number of halogens is 1. The molecule has 3 aromatic rings. The topological polar surface area (TPSA) is 62.3 Å². The first kappa shape index (κ1) is 24.1. The summed E-state index contributed by atoms with van der Waals surface area (Å²) in [5.74, 6) is 3.61. The highest BCUT2D eigenvalue weighted by Crippen LogP contribution is 2.38. The second kappa shape index (κ2) is 9.68. The molecule has 178 valence electrons. The van der Waals surface area contributed by atoms with Gasteiger partial charge >= 0.3 is 0 Å². The van der Waals surface area contributed by atoms with E-state index in [2.05, 4.69) is 34.9 Å². The smallest absolute Gasteiger partial charge is 0.253 e. The van der Waals surface area contributed by atoms with E-state index < -0.39 is 9.52 Å². The number of fused-ring (bicyclic) bond motifs is 1. The van der Waals surface area contributed by atoms with Crippen LogP contribution in [-0.2, 0) is 29.2 Å². The van der Waals surface area contributed by atoms with Crippen LogP contribution in [0.3, 0.4) is 0 Å². The third kappa shape index (κ3) is 5.37. The average molecular weight is 480 g/mol. The molecule has 1 aromatic heterocycles. The van der Waals surface area contributed by atoms with Crippen molar-refractivity contribution >= 4 is 21.3 Å². The summed E-state index contributed by atoms with van der Waals surface area (Å²) in [6, 6.07) is 15.9. The van der Waals surface area contributed by atoms with Gasteiger partial charge in [-0.1, -0.05) is 38.1 Å². The number of amides is 1. The van der Waals surface area contributed by atoms with Crippen molar-refractivity contribution in [2.24, 2.45) is 5.92 Å². The number of rotatable bonds is 7. The molecular formula is C27H30FN3O2S. The molecule has 1 amide bonds. The molecule has 2 heterocycles. The maximum Gasteiger partial charge on any atom is 0.253 e. The Morgan fingerprint density at radius 3 is 2.44 bits per heavy atom. The van der Waals surface area contributed by atoms with Gasteiger partial charge in [0.05, 0.1) is 17.3 Å². The Morgan fingerprint density at radius 1 is 1.18 bits per heavy atom. The third-order valence-electron chi connectivity index (χ3n) is 6.12. The van der Waals surface area contributed by atoms with Crippen LogP contribution in [0.25, 0.3) is 0 Å². The molecular weight excluding hydrogens is 449 g/mol. The SMILES string of the molecule is C=S(C)(=O)c1ccc(CNC(=O)c2cnc3c(c2)CN(Cc2ccc(F)cc2)[C@H]3C(C)C)cc1. The predicted molar refractivity (Wildman–Crippen MR) is 135 cm³/mol. The molecule has 7 heteroatoms. The lowest BCUT2D eigenvalue weighted by molar-refractivity contribution is 0.0950. The number of carbonyl (C=O) groups is 1. The van der Waals surface area contributed by atoms with Crippen LogP contribution in [0, 0.1) is 11.7 Å². The number of pyridine rings is 1. The van der Waals surface area contributed by atoms with Gasteiger partial charge in [0.2, 0.25) is 0 Å². The number of hydrogen-bond donors (Lipinski definition) is 1. The molecule has 0 saturated heterocycles. The molecule has 4 rings (SSSR count). The zero-order chi connectivity index (χ0) is 24.5. The summed E-state index contributed by atoms with van der Waals surface area (Å²) in [5, 5.41) is 2.94. The highest BCUT2D eigenvalue weighted by Gasteiger charge is 2.34. The van der Waals surface area contributed by atoms with E-state index in [4.69, 9.17) is 0 Å². The fourth-order valence-electron chi connectivity index (χ4n) is 4.42. The zero-order valence-corrected chi connectivity index (χ0v) is 20.6. The van der Waals surface area contributed by atoms with Gasteiger partial charge in [-0.25, -0.2) is 4.39 Å². The second-order valence-electron chi connectivity index (χ2n) is 9.32. The first-order chi connectivity index (χ1) is 16.1. The number of hydrogen-bond acceptors (Lipinski definition) is 4. The maximum absolute atomic E-state index is 13.3. The van der Waals surface area contributed by atoms with Gasteiger partial charge in [0, 0.05) is 37.0 Å². The molecule has 0 aliphatic carbocycles. The van der Waals surface area contributed by atoms with Crippen LogP contribution in [0.4, 0.5) is 4.39 Å². The lowest BCUT2D eigenvalue weighted by atomic mass is 9.99. The minimum atomic E-state index is -2.25. The minimum absolute atomic E-state index is 0.137. The van der Waals surface area contributed by atoms with E-state index >= 15 is 0 Å². The molecule has 34 heavy (non-hydrogen) atoms. The van der Waals surface area contributed by atoms with Gasteiger partial charge in [-0.2, -0.15) is 0 Å². The Labute approximate surface area is 201 Å². The molecule has 1 N–H and O–H groups in total. The molecule has 0 spiro atoms. The van der Waals surface area contributed by atoms with Crippen LogP contribution in [0.1, 0.15) is 52.6 Å². The van der Waals surface area contributed by atoms with Gasteiger partial charge in [-0.3, -0.25) is 18.9 Å². The summed E-state index contributed by atoms with van der Waals surface area (Å²) in [4.78, 5) is 20.5. The third-order valence-corrected chi connectivity index (χ3v) is 7.39. The summed E-state index contributed by atoms with van der Waals surface area (Å²) >= 11 is 0. The van der Waals surface area contributed by atoms with Crippen molar-refractivity contribution < 1.29 is 13.4 Å². The zero-order valence-electron chi connectivity index (χ0n) is 19.8. The van der Waals surface area contributed by atoms with Gasteiger partial charge < -0.3 is 5.32 Å². The summed E-state index contributed by atoms with van der Waals surface area (Å²) in [7, 11) is -2.25. The summed E-state index contributed by atoms with van der Waals surface area (Å²) in [6.07, 6.45) is 3.25. The molecule has 1 unspecified atom stereocenters. The number of aromatic nitrogens is 1. The van der Waals surface area contributed by atoms with E-state index in [9.17, 15) is 13.4 Å². The molecule has 2 aromatic carbocycles. The number of benzene rings is 2. The van der Waals surface area contributed by atoms with E-state index in [1.54, 1.807) is 24.6 Å². The Morgan fingerprint density at radius 2 is 1.82 bits per heavy atom. The molecule has 0 saturated carbocycles. The number of nitrogens with zero attached hydrogens (tertiary/aromatic N) is 2. The first-order valence-electron chi connectivity index (χ1n) is 11.3. The lowest BCUT2D eigenvalue weighted by Gasteiger charge is -2.27. The van der Waals surface area contributed by atoms with E-state index in [0.717, 1.165) is 22.4 Å². The van der Waals surface area contributed by atoms with Crippen LogP contribution in [0.5, 0.6) is 0 Å². The van der Waals surface area contributed by atoms with Crippen LogP contribution in [0.15, 0.2) is 65.7 Å². The van der Waals surface area contributed by atoms with Gasteiger partial charge in [-0.05, 0) is 68.3 Å². The van der Waals surface area contributed by atoms with Crippen molar-refractivity contribution in [2.75, 3.05) is 6.26 Å². The molecule has 1 aliphatic rings. The van der Waals surface area contributed by atoms with E-state index in [0.29, 0.717) is 36.0 Å². The summed E-state index contributed by atoms with van der Waals surface area (Å²) in [6.45, 7) is 6.07. The monoisotopic (exact) mass is 479 g/mol. The van der Waals surface area contributed by atoms with Crippen LogP contribution >= 0.6 is 0 Å².